The lowest BCUT2D eigenvalue weighted by Gasteiger charge is -2.18. The van der Waals surface area contributed by atoms with Crippen LogP contribution < -0.4 is 0 Å². The highest BCUT2D eigenvalue weighted by Crippen LogP contribution is 2.38. The zero-order valence-electron chi connectivity index (χ0n) is 9.33. The molecule has 0 saturated heterocycles. The van der Waals surface area contributed by atoms with Crippen LogP contribution in [0.4, 0.5) is 0 Å². The van der Waals surface area contributed by atoms with E-state index in [1.165, 1.54) is 16.7 Å². The molecule has 0 amide bonds. The first-order valence-electron chi connectivity index (χ1n) is 4.82. The molecular weight excluding hydrogens is 215 g/mol. The number of benzene rings is 1. The van der Waals surface area contributed by atoms with Gasteiger partial charge in [0.1, 0.15) is 0 Å². The Morgan fingerprint density at radius 2 is 1.29 bits per heavy atom. The summed E-state index contributed by atoms with van der Waals surface area (Å²) in [6.07, 6.45) is 0. The van der Waals surface area contributed by atoms with Crippen molar-refractivity contribution >= 4 is 23.2 Å². The molecule has 2 heteroatoms. The van der Waals surface area contributed by atoms with Crippen molar-refractivity contribution in [2.45, 2.75) is 40.5 Å². The fourth-order valence-electron chi connectivity index (χ4n) is 1.78. The highest BCUT2D eigenvalue weighted by molar-refractivity contribution is 6.43. The summed E-state index contributed by atoms with van der Waals surface area (Å²) in [4.78, 5) is 0. The first-order valence-corrected chi connectivity index (χ1v) is 5.58. The summed E-state index contributed by atoms with van der Waals surface area (Å²) in [5.74, 6) is 0.416. The SMILES string of the molecule is Cc1c(C)c(Cl)c(Cl)c(C(C)C)c1C. The lowest BCUT2D eigenvalue weighted by Crippen LogP contribution is -1.99. The van der Waals surface area contributed by atoms with Crippen LogP contribution in [0.3, 0.4) is 0 Å². The van der Waals surface area contributed by atoms with Crippen LogP contribution in [-0.4, -0.2) is 0 Å². The van der Waals surface area contributed by atoms with Crippen LogP contribution in [0.1, 0.15) is 42.0 Å². The van der Waals surface area contributed by atoms with Crippen molar-refractivity contribution in [3.05, 3.63) is 32.3 Å². The van der Waals surface area contributed by atoms with E-state index in [1.807, 2.05) is 6.92 Å². The Morgan fingerprint density at radius 1 is 0.786 bits per heavy atom. The van der Waals surface area contributed by atoms with Crippen LogP contribution >= 0.6 is 23.2 Å². The third kappa shape index (κ3) is 1.78. The minimum Gasteiger partial charge on any atom is -0.0824 e. The van der Waals surface area contributed by atoms with E-state index in [9.17, 15) is 0 Å². The molecule has 0 saturated carbocycles. The number of halogens is 2. The Bertz CT molecular complexity index is 336. The maximum absolute atomic E-state index is 6.24. The van der Waals surface area contributed by atoms with E-state index in [4.69, 9.17) is 23.2 Å². The third-order valence-electron chi connectivity index (χ3n) is 2.86. The van der Waals surface area contributed by atoms with Gasteiger partial charge in [-0.3, -0.25) is 0 Å². The molecule has 0 aliphatic carbocycles. The zero-order chi connectivity index (χ0) is 11.0. The van der Waals surface area contributed by atoms with Crippen LogP contribution in [0.15, 0.2) is 0 Å². The van der Waals surface area contributed by atoms with Crippen molar-refractivity contribution in [1.82, 2.24) is 0 Å². The second-order valence-corrected chi connectivity index (χ2v) is 4.83. The monoisotopic (exact) mass is 230 g/mol. The van der Waals surface area contributed by atoms with Gasteiger partial charge in [-0.25, -0.2) is 0 Å². The molecule has 0 aromatic heterocycles. The second-order valence-electron chi connectivity index (χ2n) is 4.07. The van der Waals surface area contributed by atoms with Gasteiger partial charge in [-0.2, -0.15) is 0 Å². The number of rotatable bonds is 1. The van der Waals surface area contributed by atoms with Gasteiger partial charge in [0.2, 0.25) is 0 Å². The third-order valence-corrected chi connectivity index (χ3v) is 3.83. The summed E-state index contributed by atoms with van der Waals surface area (Å²) in [6, 6.07) is 0. The van der Waals surface area contributed by atoms with Crippen molar-refractivity contribution in [2.24, 2.45) is 0 Å². The molecule has 0 unspecified atom stereocenters. The maximum Gasteiger partial charge on any atom is 0.0632 e. The van der Waals surface area contributed by atoms with E-state index in [1.54, 1.807) is 0 Å². The standard InChI is InChI=1S/C12H16Cl2/c1-6(2)10-8(4)7(3)9(5)11(13)12(10)14/h6H,1-5H3. The van der Waals surface area contributed by atoms with E-state index in [2.05, 4.69) is 27.7 Å². The quantitative estimate of drug-likeness (QED) is 0.634. The van der Waals surface area contributed by atoms with Crippen molar-refractivity contribution in [2.75, 3.05) is 0 Å². The molecule has 0 aliphatic rings. The minimum atomic E-state index is 0.416. The average Bonchev–Trinajstić information content (AvgIpc) is 2.11. The van der Waals surface area contributed by atoms with Crippen molar-refractivity contribution < 1.29 is 0 Å². The van der Waals surface area contributed by atoms with Crippen LogP contribution in [0.2, 0.25) is 10.0 Å². The molecule has 1 rings (SSSR count). The lowest BCUT2D eigenvalue weighted by atomic mass is 9.92. The fourth-order valence-corrected chi connectivity index (χ4v) is 2.53. The number of hydrogen-bond donors (Lipinski definition) is 0. The molecule has 0 bridgehead atoms. The smallest absolute Gasteiger partial charge is 0.0632 e. The van der Waals surface area contributed by atoms with Crippen molar-refractivity contribution in [3.8, 4) is 0 Å². The van der Waals surface area contributed by atoms with Crippen molar-refractivity contribution in [1.29, 1.82) is 0 Å². The zero-order valence-corrected chi connectivity index (χ0v) is 10.8. The van der Waals surface area contributed by atoms with Gasteiger partial charge in [-0.1, -0.05) is 37.0 Å². The van der Waals surface area contributed by atoms with E-state index in [-0.39, 0.29) is 0 Å². The maximum atomic E-state index is 6.24. The summed E-state index contributed by atoms with van der Waals surface area (Å²) in [6.45, 7) is 10.5. The van der Waals surface area contributed by atoms with E-state index in [0.29, 0.717) is 10.9 Å². The van der Waals surface area contributed by atoms with E-state index in [0.717, 1.165) is 10.6 Å². The number of hydrogen-bond acceptors (Lipinski definition) is 0. The predicted octanol–water partition coefficient (Wildman–Crippen LogP) is 5.04. The summed E-state index contributed by atoms with van der Waals surface area (Å²) in [5.41, 5.74) is 4.80. The topological polar surface area (TPSA) is 0 Å². The normalized spacial score (nSPS) is 11.1. The van der Waals surface area contributed by atoms with Crippen molar-refractivity contribution in [3.63, 3.8) is 0 Å². The summed E-state index contributed by atoms with van der Waals surface area (Å²) in [5, 5.41) is 1.43. The predicted molar refractivity (Wildman–Crippen MR) is 64.8 cm³/mol. The molecule has 0 heterocycles. The van der Waals surface area contributed by atoms with Gasteiger partial charge in [0, 0.05) is 0 Å². The van der Waals surface area contributed by atoms with E-state index >= 15 is 0 Å². The first-order chi connectivity index (χ1) is 6.37. The summed E-state index contributed by atoms with van der Waals surface area (Å²) in [7, 11) is 0. The van der Waals surface area contributed by atoms with Crippen LogP contribution in [0.25, 0.3) is 0 Å². The van der Waals surface area contributed by atoms with Gasteiger partial charge in [0.15, 0.2) is 0 Å². The molecule has 0 atom stereocenters. The minimum absolute atomic E-state index is 0.416. The molecule has 0 spiro atoms. The Morgan fingerprint density at radius 3 is 1.71 bits per heavy atom. The molecule has 0 nitrogen and oxygen atoms in total. The molecule has 0 fully saturated rings. The molecule has 14 heavy (non-hydrogen) atoms. The Kier molecular flexibility index (Phi) is 3.49. The summed E-state index contributed by atoms with van der Waals surface area (Å²) >= 11 is 12.4. The molecular formula is C12H16Cl2. The molecule has 1 aromatic carbocycles. The van der Waals surface area contributed by atoms with Gasteiger partial charge in [-0.15, -0.1) is 0 Å². The lowest BCUT2D eigenvalue weighted by molar-refractivity contribution is 0.852. The van der Waals surface area contributed by atoms with Gasteiger partial charge in [0.05, 0.1) is 10.0 Å². The highest BCUT2D eigenvalue weighted by Gasteiger charge is 2.16. The van der Waals surface area contributed by atoms with Crippen LogP contribution in [0, 0.1) is 20.8 Å². The first kappa shape index (κ1) is 11.9. The van der Waals surface area contributed by atoms with E-state index < -0.39 is 0 Å². The molecule has 1 aromatic rings. The van der Waals surface area contributed by atoms with Crippen LogP contribution in [-0.2, 0) is 0 Å². The fraction of sp³-hybridized carbons (Fsp3) is 0.500. The molecule has 0 aliphatic heterocycles. The van der Waals surface area contributed by atoms with Gasteiger partial charge in [-0.05, 0) is 48.9 Å². The Balaban J connectivity index is 3.60. The Hall–Kier alpha value is -0.200. The highest BCUT2D eigenvalue weighted by atomic mass is 35.5. The van der Waals surface area contributed by atoms with Gasteiger partial charge >= 0.3 is 0 Å². The van der Waals surface area contributed by atoms with Gasteiger partial charge in [0.25, 0.3) is 0 Å². The average molecular weight is 231 g/mol. The summed E-state index contributed by atoms with van der Waals surface area (Å²) < 4.78 is 0. The second kappa shape index (κ2) is 4.12. The molecule has 78 valence electrons. The largest absolute Gasteiger partial charge is 0.0824 e. The molecule has 0 N–H and O–H groups in total. The van der Waals surface area contributed by atoms with Gasteiger partial charge < -0.3 is 0 Å². The molecule has 0 radical (unpaired) electrons. The van der Waals surface area contributed by atoms with Crippen LogP contribution in [0.5, 0.6) is 0 Å². The Labute approximate surface area is 96.2 Å².